The molecule has 0 aliphatic carbocycles. The Hall–Kier alpha value is -0.890. The van der Waals surface area contributed by atoms with E-state index in [0.29, 0.717) is 5.92 Å². The smallest absolute Gasteiger partial charge is 0.123 e. The minimum atomic E-state index is -0.141. The number of hydrogen-bond acceptors (Lipinski definition) is 1. The Morgan fingerprint density at radius 1 is 1.36 bits per heavy atom. The monoisotopic (exact) mass is 195 g/mol. The number of hydrogen-bond donors (Lipinski definition) is 1. The number of rotatable bonds is 5. The maximum absolute atomic E-state index is 13.0. The van der Waals surface area contributed by atoms with Crippen LogP contribution in [-0.4, -0.2) is 13.1 Å². The summed E-state index contributed by atoms with van der Waals surface area (Å²) in [7, 11) is 0. The zero-order chi connectivity index (χ0) is 10.4. The van der Waals surface area contributed by atoms with Gasteiger partial charge in [-0.15, -0.1) is 0 Å². The van der Waals surface area contributed by atoms with Gasteiger partial charge in [-0.3, -0.25) is 0 Å². The highest BCUT2D eigenvalue weighted by Crippen LogP contribution is 2.19. The van der Waals surface area contributed by atoms with Crippen LogP contribution in [0.5, 0.6) is 0 Å². The van der Waals surface area contributed by atoms with Crippen molar-refractivity contribution in [2.75, 3.05) is 13.1 Å². The molecule has 0 fully saturated rings. The Labute approximate surface area is 85.3 Å². The van der Waals surface area contributed by atoms with Gasteiger partial charge in [0, 0.05) is 6.54 Å². The molecule has 0 heterocycles. The first-order valence-electron chi connectivity index (χ1n) is 5.24. The molecule has 2 heteroatoms. The second-order valence-electron chi connectivity index (χ2n) is 3.47. The topological polar surface area (TPSA) is 12.0 Å². The van der Waals surface area contributed by atoms with Crippen molar-refractivity contribution in [3.05, 3.63) is 35.6 Å². The van der Waals surface area contributed by atoms with Gasteiger partial charge in [-0.25, -0.2) is 4.39 Å². The quantitative estimate of drug-likeness (QED) is 0.761. The van der Waals surface area contributed by atoms with Gasteiger partial charge in [-0.1, -0.05) is 26.0 Å². The van der Waals surface area contributed by atoms with Gasteiger partial charge in [0.2, 0.25) is 0 Å². The molecule has 1 unspecified atom stereocenters. The lowest BCUT2D eigenvalue weighted by molar-refractivity contribution is 0.574. The Balaban J connectivity index is 2.68. The second kappa shape index (κ2) is 5.76. The summed E-state index contributed by atoms with van der Waals surface area (Å²) in [5, 5.41) is 3.29. The largest absolute Gasteiger partial charge is 0.316 e. The van der Waals surface area contributed by atoms with Crippen molar-refractivity contribution in [1.29, 1.82) is 0 Å². The standard InChI is InChI=1S/C12H18FN/c1-3-10(9-14-4-2)11-6-5-7-12(13)8-11/h5-8,10,14H,3-4,9H2,1-2H3. The van der Waals surface area contributed by atoms with Gasteiger partial charge in [-0.2, -0.15) is 0 Å². The lowest BCUT2D eigenvalue weighted by Crippen LogP contribution is -2.20. The molecule has 0 aliphatic heterocycles. The number of benzene rings is 1. The fourth-order valence-electron chi connectivity index (χ4n) is 1.58. The molecule has 0 saturated carbocycles. The normalized spacial score (nSPS) is 12.8. The van der Waals surface area contributed by atoms with E-state index in [1.54, 1.807) is 12.1 Å². The third kappa shape index (κ3) is 3.11. The molecule has 0 spiro atoms. The summed E-state index contributed by atoms with van der Waals surface area (Å²) >= 11 is 0. The van der Waals surface area contributed by atoms with Crippen molar-refractivity contribution in [2.24, 2.45) is 0 Å². The van der Waals surface area contributed by atoms with Crippen LogP contribution in [-0.2, 0) is 0 Å². The molecule has 78 valence electrons. The van der Waals surface area contributed by atoms with Crippen LogP contribution in [0.2, 0.25) is 0 Å². The Morgan fingerprint density at radius 2 is 2.14 bits per heavy atom. The summed E-state index contributed by atoms with van der Waals surface area (Å²) < 4.78 is 13.0. The highest BCUT2D eigenvalue weighted by molar-refractivity contribution is 5.20. The van der Waals surface area contributed by atoms with E-state index < -0.39 is 0 Å². The molecular weight excluding hydrogens is 177 g/mol. The Morgan fingerprint density at radius 3 is 2.71 bits per heavy atom. The van der Waals surface area contributed by atoms with Crippen molar-refractivity contribution < 1.29 is 4.39 Å². The first-order chi connectivity index (χ1) is 6.77. The summed E-state index contributed by atoms with van der Waals surface area (Å²) in [5.74, 6) is 0.281. The summed E-state index contributed by atoms with van der Waals surface area (Å²) in [4.78, 5) is 0. The molecular formula is C12H18FN. The van der Waals surface area contributed by atoms with Gasteiger partial charge in [-0.05, 0) is 36.6 Å². The highest BCUT2D eigenvalue weighted by Gasteiger charge is 2.08. The maximum Gasteiger partial charge on any atom is 0.123 e. The lowest BCUT2D eigenvalue weighted by atomic mass is 9.96. The number of nitrogens with one attached hydrogen (secondary N) is 1. The molecule has 1 N–H and O–H groups in total. The van der Waals surface area contributed by atoms with Crippen LogP contribution in [0, 0.1) is 5.82 Å². The molecule has 0 aliphatic rings. The Kier molecular flexibility index (Phi) is 4.60. The van der Waals surface area contributed by atoms with Crippen LogP contribution in [0.3, 0.4) is 0 Å². The van der Waals surface area contributed by atoms with Crippen molar-refractivity contribution in [1.82, 2.24) is 5.32 Å². The third-order valence-corrected chi connectivity index (χ3v) is 2.45. The van der Waals surface area contributed by atoms with E-state index in [1.165, 1.54) is 6.07 Å². The zero-order valence-electron chi connectivity index (χ0n) is 8.89. The minimum Gasteiger partial charge on any atom is -0.316 e. The summed E-state index contributed by atoms with van der Waals surface area (Å²) in [6.45, 7) is 6.10. The molecule has 0 radical (unpaired) electrons. The van der Waals surface area contributed by atoms with Gasteiger partial charge < -0.3 is 5.32 Å². The van der Waals surface area contributed by atoms with E-state index in [4.69, 9.17) is 0 Å². The zero-order valence-corrected chi connectivity index (χ0v) is 8.89. The van der Waals surface area contributed by atoms with Gasteiger partial charge in [0.05, 0.1) is 0 Å². The molecule has 0 saturated heterocycles. The van der Waals surface area contributed by atoms with Crippen molar-refractivity contribution >= 4 is 0 Å². The molecule has 1 atom stereocenters. The number of likely N-dealkylation sites (N-methyl/N-ethyl adjacent to an activating group) is 1. The number of halogens is 1. The van der Waals surface area contributed by atoms with E-state index >= 15 is 0 Å². The van der Waals surface area contributed by atoms with Crippen molar-refractivity contribution in [3.8, 4) is 0 Å². The van der Waals surface area contributed by atoms with Crippen LogP contribution in [0.4, 0.5) is 4.39 Å². The van der Waals surface area contributed by atoms with E-state index in [2.05, 4.69) is 19.2 Å². The molecule has 1 rings (SSSR count). The highest BCUT2D eigenvalue weighted by atomic mass is 19.1. The van der Waals surface area contributed by atoms with E-state index in [1.807, 2.05) is 6.07 Å². The predicted molar refractivity (Wildman–Crippen MR) is 58.0 cm³/mol. The second-order valence-corrected chi connectivity index (χ2v) is 3.47. The van der Waals surface area contributed by atoms with Crippen LogP contribution in [0.25, 0.3) is 0 Å². The van der Waals surface area contributed by atoms with Gasteiger partial charge in [0.25, 0.3) is 0 Å². The summed E-state index contributed by atoms with van der Waals surface area (Å²) in [5.41, 5.74) is 1.09. The fraction of sp³-hybridized carbons (Fsp3) is 0.500. The van der Waals surface area contributed by atoms with Gasteiger partial charge >= 0.3 is 0 Å². The van der Waals surface area contributed by atoms with Crippen molar-refractivity contribution in [3.63, 3.8) is 0 Å². The van der Waals surface area contributed by atoms with E-state index in [-0.39, 0.29) is 5.82 Å². The van der Waals surface area contributed by atoms with E-state index in [9.17, 15) is 4.39 Å². The minimum absolute atomic E-state index is 0.141. The molecule has 0 bridgehead atoms. The maximum atomic E-state index is 13.0. The first-order valence-corrected chi connectivity index (χ1v) is 5.24. The molecule has 0 amide bonds. The molecule has 1 aromatic carbocycles. The van der Waals surface area contributed by atoms with Crippen molar-refractivity contribution in [2.45, 2.75) is 26.2 Å². The summed E-state index contributed by atoms with van der Waals surface area (Å²) in [6, 6.07) is 6.89. The van der Waals surface area contributed by atoms with Crippen LogP contribution >= 0.6 is 0 Å². The van der Waals surface area contributed by atoms with Gasteiger partial charge in [0.1, 0.15) is 5.82 Å². The average Bonchev–Trinajstić information content (AvgIpc) is 2.19. The Bertz CT molecular complexity index is 273. The lowest BCUT2D eigenvalue weighted by Gasteiger charge is -2.15. The fourth-order valence-corrected chi connectivity index (χ4v) is 1.58. The average molecular weight is 195 g/mol. The SMILES string of the molecule is CCNCC(CC)c1cccc(F)c1. The predicted octanol–water partition coefficient (Wildman–Crippen LogP) is 2.93. The van der Waals surface area contributed by atoms with Crippen LogP contribution in [0.1, 0.15) is 31.7 Å². The van der Waals surface area contributed by atoms with Gasteiger partial charge in [0.15, 0.2) is 0 Å². The molecule has 0 aromatic heterocycles. The summed E-state index contributed by atoms with van der Waals surface area (Å²) in [6.07, 6.45) is 1.04. The molecule has 1 nitrogen and oxygen atoms in total. The third-order valence-electron chi connectivity index (χ3n) is 2.45. The van der Waals surface area contributed by atoms with E-state index in [0.717, 1.165) is 25.1 Å². The van der Waals surface area contributed by atoms with Crippen LogP contribution < -0.4 is 5.32 Å². The van der Waals surface area contributed by atoms with Crippen LogP contribution in [0.15, 0.2) is 24.3 Å². The first kappa shape index (κ1) is 11.2. The molecule has 14 heavy (non-hydrogen) atoms. The molecule has 1 aromatic rings.